The van der Waals surface area contributed by atoms with Crippen molar-refractivity contribution in [3.63, 3.8) is 0 Å². The highest BCUT2D eigenvalue weighted by Gasteiger charge is 2.31. The number of rotatable bonds is 6. The summed E-state index contributed by atoms with van der Waals surface area (Å²) in [6, 6.07) is 11.0. The smallest absolute Gasteiger partial charge is 0.271 e. The van der Waals surface area contributed by atoms with Crippen molar-refractivity contribution >= 4 is 15.7 Å². The first kappa shape index (κ1) is 20.2. The lowest BCUT2D eigenvalue weighted by Gasteiger charge is -2.27. The van der Waals surface area contributed by atoms with Crippen molar-refractivity contribution in [2.24, 2.45) is 0 Å². The number of hydrogen-bond donors (Lipinski definition) is 1. The molecule has 0 amide bonds. The Balaban J connectivity index is 2.03. The topological polar surface area (TPSA) is 102 Å². The molecule has 3 rings (SSSR count). The molecule has 1 aliphatic heterocycles. The van der Waals surface area contributed by atoms with Gasteiger partial charge < -0.3 is 10.1 Å². The number of nitro groups is 1. The summed E-state index contributed by atoms with van der Waals surface area (Å²) < 4.78 is 33.5. The van der Waals surface area contributed by atoms with E-state index in [0.29, 0.717) is 31.9 Å². The molecule has 0 radical (unpaired) electrons. The van der Waals surface area contributed by atoms with Crippen LogP contribution in [0.5, 0.6) is 11.5 Å². The maximum Gasteiger partial charge on any atom is 0.271 e. The predicted molar refractivity (Wildman–Crippen MR) is 105 cm³/mol. The van der Waals surface area contributed by atoms with E-state index in [4.69, 9.17) is 4.74 Å². The van der Waals surface area contributed by atoms with E-state index in [1.807, 2.05) is 32.0 Å². The van der Waals surface area contributed by atoms with Crippen LogP contribution in [0.1, 0.15) is 25.3 Å². The highest BCUT2D eigenvalue weighted by Crippen LogP contribution is 2.34. The van der Waals surface area contributed by atoms with E-state index in [9.17, 15) is 18.5 Å². The summed E-state index contributed by atoms with van der Waals surface area (Å²) in [6.45, 7) is 5.75. The Morgan fingerprint density at radius 2 is 1.86 bits per heavy atom. The summed E-state index contributed by atoms with van der Waals surface area (Å²) in [4.78, 5) is 10.4. The molecule has 1 saturated heterocycles. The molecule has 150 valence electrons. The Bertz CT molecular complexity index is 969. The van der Waals surface area contributed by atoms with Gasteiger partial charge in [-0.3, -0.25) is 10.1 Å². The fourth-order valence-corrected chi connectivity index (χ4v) is 4.56. The van der Waals surface area contributed by atoms with E-state index in [2.05, 4.69) is 5.32 Å². The molecular formula is C19H23N3O5S. The predicted octanol–water partition coefficient (Wildman–Crippen LogP) is 3.10. The highest BCUT2D eigenvalue weighted by atomic mass is 32.2. The summed E-state index contributed by atoms with van der Waals surface area (Å²) >= 11 is 0. The SMILES string of the molecule is CC(C)c1cccc(Oc2ccc([N+](=O)[O-])cc2S(=O)(=O)N2CCNCC2)c1. The Morgan fingerprint density at radius 3 is 2.50 bits per heavy atom. The summed E-state index contributed by atoms with van der Waals surface area (Å²) in [5.74, 6) is 0.839. The first-order chi connectivity index (χ1) is 13.3. The molecule has 9 heteroatoms. The molecule has 0 spiro atoms. The maximum atomic E-state index is 13.1. The van der Waals surface area contributed by atoms with Crippen LogP contribution in [0.15, 0.2) is 47.4 Å². The molecule has 1 aliphatic rings. The Hall–Kier alpha value is -2.49. The second-order valence-electron chi connectivity index (χ2n) is 6.87. The molecule has 28 heavy (non-hydrogen) atoms. The van der Waals surface area contributed by atoms with Crippen molar-refractivity contribution in [3.8, 4) is 11.5 Å². The van der Waals surface area contributed by atoms with Crippen LogP contribution in [0.2, 0.25) is 0 Å². The van der Waals surface area contributed by atoms with Gasteiger partial charge >= 0.3 is 0 Å². The van der Waals surface area contributed by atoms with Crippen molar-refractivity contribution in [2.75, 3.05) is 26.2 Å². The average molecular weight is 405 g/mol. The first-order valence-electron chi connectivity index (χ1n) is 9.06. The normalized spacial score (nSPS) is 15.5. The Labute approximate surface area is 164 Å². The molecule has 0 atom stereocenters. The molecule has 2 aromatic carbocycles. The van der Waals surface area contributed by atoms with Gasteiger partial charge in [0.2, 0.25) is 10.0 Å². The standard InChI is InChI=1S/C19H23N3O5S/c1-14(2)15-4-3-5-17(12-15)27-18-7-6-16(22(23)24)13-19(18)28(25,26)21-10-8-20-9-11-21/h3-7,12-14,20H,8-11H2,1-2H3. The third kappa shape index (κ3) is 4.32. The minimum absolute atomic E-state index is 0.0741. The zero-order valence-electron chi connectivity index (χ0n) is 15.8. The van der Waals surface area contributed by atoms with Gasteiger partial charge in [0.05, 0.1) is 4.92 Å². The Morgan fingerprint density at radius 1 is 1.14 bits per heavy atom. The summed E-state index contributed by atoms with van der Waals surface area (Å²) in [5.41, 5.74) is 0.753. The molecule has 1 fully saturated rings. The number of nitrogens with one attached hydrogen (secondary N) is 1. The van der Waals surface area contributed by atoms with E-state index in [0.717, 1.165) is 11.6 Å². The number of nitrogens with zero attached hydrogens (tertiary/aromatic N) is 2. The minimum atomic E-state index is -3.93. The van der Waals surface area contributed by atoms with E-state index in [1.165, 1.54) is 16.4 Å². The second-order valence-corrected chi connectivity index (χ2v) is 8.78. The summed E-state index contributed by atoms with van der Waals surface area (Å²) in [5, 5.41) is 14.3. The third-order valence-corrected chi connectivity index (χ3v) is 6.50. The van der Waals surface area contributed by atoms with Gasteiger partial charge in [-0.15, -0.1) is 0 Å². The molecule has 0 aromatic heterocycles. The van der Waals surface area contributed by atoms with Crippen LogP contribution >= 0.6 is 0 Å². The van der Waals surface area contributed by atoms with Crippen molar-refractivity contribution in [1.29, 1.82) is 0 Å². The largest absolute Gasteiger partial charge is 0.456 e. The van der Waals surface area contributed by atoms with Crippen molar-refractivity contribution in [1.82, 2.24) is 9.62 Å². The lowest BCUT2D eigenvalue weighted by Crippen LogP contribution is -2.46. The lowest BCUT2D eigenvalue weighted by atomic mass is 10.0. The molecule has 1 N–H and O–H groups in total. The van der Waals surface area contributed by atoms with Crippen molar-refractivity contribution in [3.05, 3.63) is 58.1 Å². The van der Waals surface area contributed by atoms with Crippen molar-refractivity contribution < 1.29 is 18.1 Å². The van der Waals surface area contributed by atoms with Gasteiger partial charge in [-0.25, -0.2) is 8.42 Å². The number of piperazine rings is 1. The van der Waals surface area contributed by atoms with E-state index >= 15 is 0 Å². The number of ether oxygens (including phenoxy) is 1. The van der Waals surface area contributed by atoms with Gasteiger partial charge in [-0.2, -0.15) is 4.31 Å². The van der Waals surface area contributed by atoms with Gasteiger partial charge in [-0.05, 0) is 29.7 Å². The van der Waals surface area contributed by atoms with E-state index < -0.39 is 14.9 Å². The second kappa shape index (κ2) is 8.26. The van der Waals surface area contributed by atoms with E-state index in [-0.39, 0.29) is 22.3 Å². The zero-order chi connectivity index (χ0) is 20.3. The van der Waals surface area contributed by atoms with Crippen LogP contribution in [-0.2, 0) is 10.0 Å². The van der Waals surface area contributed by atoms with Gasteiger partial charge in [-0.1, -0.05) is 26.0 Å². The van der Waals surface area contributed by atoms with Crippen LogP contribution in [-0.4, -0.2) is 43.8 Å². The van der Waals surface area contributed by atoms with Crippen LogP contribution < -0.4 is 10.1 Å². The molecule has 0 unspecified atom stereocenters. The number of sulfonamides is 1. The van der Waals surface area contributed by atoms with E-state index in [1.54, 1.807) is 6.07 Å². The quantitative estimate of drug-likeness (QED) is 0.585. The number of benzene rings is 2. The van der Waals surface area contributed by atoms with Gasteiger partial charge in [0.15, 0.2) is 0 Å². The maximum absolute atomic E-state index is 13.1. The number of hydrogen-bond acceptors (Lipinski definition) is 6. The molecule has 8 nitrogen and oxygen atoms in total. The first-order valence-corrected chi connectivity index (χ1v) is 10.5. The summed E-state index contributed by atoms with van der Waals surface area (Å²) in [6.07, 6.45) is 0. The lowest BCUT2D eigenvalue weighted by molar-refractivity contribution is -0.385. The molecule has 2 aromatic rings. The molecule has 0 aliphatic carbocycles. The molecular weight excluding hydrogens is 382 g/mol. The third-order valence-electron chi connectivity index (χ3n) is 4.58. The summed E-state index contributed by atoms with van der Waals surface area (Å²) in [7, 11) is -3.93. The average Bonchev–Trinajstić information content (AvgIpc) is 2.69. The van der Waals surface area contributed by atoms with Crippen LogP contribution in [0, 0.1) is 10.1 Å². The monoisotopic (exact) mass is 405 g/mol. The van der Waals surface area contributed by atoms with Crippen LogP contribution in [0.4, 0.5) is 5.69 Å². The highest BCUT2D eigenvalue weighted by molar-refractivity contribution is 7.89. The van der Waals surface area contributed by atoms with Gasteiger partial charge in [0.25, 0.3) is 5.69 Å². The van der Waals surface area contributed by atoms with Gasteiger partial charge in [0, 0.05) is 38.3 Å². The minimum Gasteiger partial charge on any atom is -0.456 e. The van der Waals surface area contributed by atoms with Crippen LogP contribution in [0.25, 0.3) is 0 Å². The number of nitro benzene ring substituents is 1. The molecule has 0 saturated carbocycles. The Kier molecular flexibility index (Phi) is 5.97. The number of non-ortho nitro benzene ring substituents is 1. The molecule has 0 bridgehead atoms. The molecule has 1 heterocycles. The fraction of sp³-hybridized carbons (Fsp3) is 0.368. The van der Waals surface area contributed by atoms with Crippen LogP contribution in [0.3, 0.4) is 0 Å². The van der Waals surface area contributed by atoms with Crippen molar-refractivity contribution in [2.45, 2.75) is 24.7 Å². The zero-order valence-corrected chi connectivity index (χ0v) is 16.6. The fourth-order valence-electron chi connectivity index (χ4n) is 2.98. The van der Waals surface area contributed by atoms with Gasteiger partial charge in [0.1, 0.15) is 16.4 Å².